The summed E-state index contributed by atoms with van der Waals surface area (Å²) in [5, 5.41) is 15.9. The van der Waals surface area contributed by atoms with E-state index in [-0.39, 0.29) is 0 Å². The van der Waals surface area contributed by atoms with Crippen LogP contribution in [0.5, 0.6) is 0 Å². The first kappa shape index (κ1) is 19.2. The Labute approximate surface area is 166 Å². The van der Waals surface area contributed by atoms with Crippen molar-refractivity contribution in [3.63, 3.8) is 0 Å². The van der Waals surface area contributed by atoms with Crippen LogP contribution in [-0.2, 0) is 20.6 Å². The highest BCUT2D eigenvalue weighted by Gasteiger charge is 2.10. The number of nitrogens with zero attached hydrogens (tertiary/aromatic N) is 6. The Hall–Kier alpha value is -2.52. The average molecular weight is 410 g/mol. The Morgan fingerprint density at radius 1 is 1.19 bits per heavy atom. The molecule has 0 amide bonds. The number of nitrogens with one attached hydrogen (secondary N) is 3. The molecule has 0 atom stereocenters. The summed E-state index contributed by atoms with van der Waals surface area (Å²) in [6, 6.07) is 1.83. The Bertz CT molecular complexity index is 960. The Morgan fingerprint density at radius 3 is 2.70 bits per heavy atom. The van der Waals surface area contributed by atoms with Crippen molar-refractivity contribution in [2.24, 2.45) is 19.1 Å². The third-order valence-corrected chi connectivity index (χ3v) is 4.96. The molecular weight excluding hydrogens is 389 g/mol. The summed E-state index contributed by atoms with van der Waals surface area (Å²) in [7, 11) is 5.44. The van der Waals surface area contributed by atoms with Crippen LogP contribution >= 0.6 is 23.2 Å². The van der Waals surface area contributed by atoms with E-state index in [1.165, 1.54) is 6.33 Å². The normalized spacial score (nSPS) is 11.8. The first-order chi connectivity index (χ1) is 13.0. The number of halogens is 2. The van der Waals surface area contributed by atoms with Crippen molar-refractivity contribution in [3.8, 4) is 0 Å². The lowest BCUT2D eigenvalue weighted by atomic mass is 10.4. The number of anilines is 1. The summed E-state index contributed by atoms with van der Waals surface area (Å²) in [6.07, 6.45) is 3.28. The number of fused-ring (bicyclic) bond motifs is 1. The van der Waals surface area contributed by atoms with Gasteiger partial charge in [0.05, 0.1) is 23.2 Å². The van der Waals surface area contributed by atoms with Gasteiger partial charge in [0.25, 0.3) is 0 Å². The molecule has 0 fully saturated rings. The molecule has 0 aliphatic carbocycles. The average Bonchev–Trinajstić information content (AvgIpc) is 3.17. The minimum atomic E-state index is 0.521. The van der Waals surface area contributed by atoms with Crippen LogP contribution in [0.4, 0.5) is 5.82 Å². The van der Waals surface area contributed by atoms with E-state index in [1.54, 1.807) is 17.9 Å². The molecule has 27 heavy (non-hydrogen) atoms. The maximum atomic E-state index is 6.08. The summed E-state index contributed by atoms with van der Waals surface area (Å²) in [6.45, 7) is 1.86. The van der Waals surface area contributed by atoms with Crippen molar-refractivity contribution in [2.45, 2.75) is 6.54 Å². The third-order valence-electron chi connectivity index (χ3n) is 4.12. The van der Waals surface area contributed by atoms with Gasteiger partial charge in [0.1, 0.15) is 17.3 Å². The van der Waals surface area contributed by atoms with Crippen molar-refractivity contribution in [1.82, 2.24) is 34.9 Å². The first-order valence-electron chi connectivity index (χ1n) is 8.32. The predicted octanol–water partition coefficient (Wildman–Crippen LogP) is 1.79. The number of aryl methyl sites for hydroxylation is 1. The van der Waals surface area contributed by atoms with E-state index in [1.807, 2.05) is 24.7 Å². The summed E-state index contributed by atoms with van der Waals surface area (Å²) in [5.41, 5.74) is 1.75. The number of aliphatic imine (C=N–C) groups is 1. The number of hydrogen-bond donors (Lipinski definition) is 3. The maximum Gasteiger partial charge on any atom is 0.191 e. The van der Waals surface area contributed by atoms with Gasteiger partial charge in [-0.2, -0.15) is 5.10 Å². The van der Waals surface area contributed by atoms with Gasteiger partial charge in [0.2, 0.25) is 0 Å². The molecule has 0 aliphatic heterocycles. The standard InChI is InChI=1S/C16H21Cl2N9/c1-19-16(22-7-10-6-12(17)13(18)26(10)2)21-5-4-20-14-11-8-25-27(3)15(11)24-9-23-14/h6,8-9H,4-5,7H2,1-3H3,(H2,19,21,22)(H,20,23,24). The lowest BCUT2D eigenvalue weighted by Gasteiger charge is -2.13. The number of guanidine groups is 1. The highest BCUT2D eigenvalue weighted by molar-refractivity contribution is 6.41. The van der Waals surface area contributed by atoms with E-state index >= 15 is 0 Å². The van der Waals surface area contributed by atoms with Crippen molar-refractivity contribution in [1.29, 1.82) is 0 Å². The molecule has 3 N–H and O–H groups in total. The van der Waals surface area contributed by atoms with Crippen molar-refractivity contribution in [2.75, 3.05) is 25.5 Å². The van der Waals surface area contributed by atoms with Crippen LogP contribution in [0.15, 0.2) is 23.6 Å². The van der Waals surface area contributed by atoms with Gasteiger partial charge < -0.3 is 20.5 Å². The van der Waals surface area contributed by atoms with E-state index < -0.39 is 0 Å². The molecule has 0 aromatic carbocycles. The van der Waals surface area contributed by atoms with E-state index in [0.29, 0.717) is 35.8 Å². The van der Waals surface area contributed by atoms with Crippen LogP contribution in [0.2, 0.25) is 10.2 Å². The second kappa shape index (κ2) is 8.45. The monoisotopic (exact) mass is 409 g/mol. The second-order valence-corrected chi connectivity index (χ2v) is 6.61. The molecule has 3 rings (SSSR count). The van der Waals surface area contributed by atoms with Gasteiger partial charge >= 0.3 is 0 Å². The highest BCUT2D eigenvalue weighted by atomic mass is 35.5. The minimum absolute atomic E-state index is 0.521. The van der Waals surface area contributed by atoms with Crippen LogP contribution in [0, 0.1) is 0 Å². The lowest BCUT2D eigenvalue weighted by molar-refractivity contribution is 0.752. The SMILES string of the molecule is CN=C(NCCNc1ncnc2c1cnn2C)NCc1cc(Cl)c(Cl)n1C. The highest BCUT2D eigenvalue weighted by Crippen LogP contribution is 2.24. The van der Waals surface area contributed by atoms with Crippen LogP contribution in [0.25, 0.3) is 11.0 Å². The zero-order valence-electron chi connectivity index (χ0n) is 15.3. The molecule has 0 saturated heterocycles. The van der Waals surface area contributed by atoms with Gasteiger partial charge in [-0.15, -0.1) is 0 Å². The van der Waals surface area contributed by atoms with Crippen molar-refractivity contribution in [3.05, 3.63) is 34.5 Å². The van der Waals surface area contributed by atoms with E-state index in [2.05, 4.69) is 36.0 Å². The molecule has 0 unspecified atom stereocenters. The predicted molar refractivity (Wildman–Crippen MR) is 108 cm³/mol. The Kier molecular flexibility index (Phi) is 6.02. The zero-order valence-corrected chi connectivity index (χ0v) is 16.8. The summed E-state index contributed by atoms with van der Waals surface area (Å²) in [4.78, 5) is 12.7. The molecule has 0 saturated carbocycles. The van der Waals surface area contributed by atoms with E-state index in [4.69, 9.17) is 23.2 Å². The fourth-order valence-corrected chi connectivity index (χ4v) is 3.03. The van der Waals surface area contributed by atoms with E-state index in [0.717, 1.165) is 22.5 Å². The zero-order chi connectivity index (χ0) is 19.4. The third kappa shape index (κ3) is 4.25. The molecule has 0 aliphatic rings. The van der Waals surface area contributed by atoms with Crippen molar-refractivity contribution < 1.29 is 0 Å². The van der Waals surface area contributed by atoms with Gasteiger partial charge in [0.15, 0.2) is 11.6 Å². The number of hydrogen-bond acceptors (Lipinski definition) is 5. The molecule has 0 bridgehead atoms. The minimum Gasteiger partial charge on any atom is -0.368 e. The molecule has 3 heterocycles. The van der Waals surface area contributed by atoms with Gasteiger partial charge in [0, 0.05) is 39.9 Å². The number of aromatic nitrogens is 5. The fraction of sp³-hybridized carbons (Fsp3) is 0.375. The van der Waals surface area contributed by atoms with E-state index in [9.17, 15) is 0 Å². The van der Waals surface area contributed by atoms with Gasteiger partial charge in [-0.1, -0.05) is 23.2 Å². The molecule has 0 radical (unpaired) electrons. The van der Waals surface area contributed by atoms with Crippen molar-refractivity contribution >= 4 is 46.0 Å². The second-order valence-electron chi connectivity index (χ2n) is 5.84. The molecule has 9 nitrogen and oxygen atoms in total. The van der Waals surface area contributed by atoms with Crippen LogP contribution in [-0.4, -0.2) is 50.4 Å². The van der Waals surface area contributed by atoms with Crippen LogP contribution in [0.3, 0.4) is 0 Å². The lowest BCUT2D eigenvalue weighted by Crippen LogP contribution is -2.39. The summed E-state index contributed by atoms with van der Waals surface area (Å²) in [5.74, 6) is 1.44. The first-order valence-corrected chi connectivity index (χ1v) is 9.07. The molecule has 0 spiro atoms. The topological polar surface area (TPSA) is 97.0 Å². The Morgan fingerprint density at radius 2 is 2.00 bits per heavy atom. The molecule has 3 aromatic heterocycles. The van der Waals surface area contributed by atoms with Crippen LogP contribution < -0.4 is 16.0 Å². The van der Waals surface area contributed by atoms with Crippen LogP contribution in [0.1, 0.15) is 5.69 Å². The van der Waals surface area contributed by atoms with Gasteiger partial charge in [-0.05, 0) is 6.07 Å². The smallest absolute Gasteiger partial charge is 0.191 e. The molecule has 11 heteroatoms. The van der Waals surface area contributed by atoms with Gasteiger partial charge in [-0.3, -0.25) is 9.67 Å². The largest absolute Gasteiger partial charge is 0.368 e. The summed E-state index contributed by atoms with van der Waals surface area (Å²) >= 11 is 12.1. The number of rotatable bonds is 6. The summed E-state index contributed by atoms with van der Waals surface area (Å²) < 4.78 is 3.55. The molecular formula is C16H21Cl2N9. The van der Waals surface area contributed by atoms with Gasteiger partial charge in [-0.25, -0.2) is 9.97 Å². The Balaban J connectivity index is 1.49. The molecule has 144 valence electrons. The maximum absolute atomic E-state index is 6.08. The quantitative estimate of drug-likeness (QED) is 0.326. The molecule has 3 aromatic rings. The fourth-order valence-electron chi connectivity index (χ4n) is 2.62.